The van der Waals surface area contributed by atoms with E-state index in [1.54, 1.807) is 12.1 Å². The maximum Gasteiger partial charge on any atom is 0.339 e. The third-order valence-electron chi connectivity index (χ3n) is 2.19. The quantitative estimate of drug-likeness (QED) is 0.834. The number of fused-ring (bicyclic) bond motifs is 1. The van der Waals surface area contributed by atoms with E-state index >= 15 is 0 Å². The summed E-state index contributed by atoms with van der Waals surface area (Å²) in [4.78, 5) is 10.8. The molecule has 76 valence electrons. The fourth-order valence-corrected chi connectivity index (χ4v) is 1.81. The van der Waals surface area contributed by atoms with Crippen molar-refractivity contribution < 1.29 is 15.0 Å². The molecule has 0 aromatic heterocycles. The van der Waals surface area contributed by atoms with Crippen LogP contribution in [0.1, 0.15) is 10.4 Å². The van der Waals surface area contributed by atoms with Crippen molar-refractivity contribution in [1.82, 2.24) is 0 Å². The topological polar surface area (TPSA) is 57.5 Å². The highest BCUT2D eigenvalue weighted by molar-refractivity contribution is 9.10. The molecule has 0 heterocycles. The first-order valence-electron chi connectivity index (χ1n) is 4.24. The number of rotatable bonds is 1. The van der Waals surface area contributed by atoms with Crippen molar-refractivity contribution in [2.24, 2.45) is 0 Å². The monoisotopic (exact) mass is 266 g/mol. The number of halogens is 1. The van der Waals surface area contributed by atoms with Crippen LogP contribution in [0.15, 0.2) is 34.8 Å². The summed E-state index contributed by atoms with van der Waals surface area (Å²) < 4.78 is 0.799. The summed E-state index contributed by atoms with van der Waals surface area (Å²) in [6.07, 6.45) is 0. The molecule has 2 N–H and O–H groups in total. The first-order chi connectivity index (χ1) is 7.09. The number of hydrogen-bond acceptors (Lipinski definition) is 2. The Bertz CT molecular complexity index is 549. The van der Waals surface area contributed by atoms with E-state index in [-0.39, 0.29) is 11.3 Å². The fourth-order valence-electron chi connectivity index (χ4n) is 1.45. The number of carbonyl (C=O) groups is 1. The molecule has 2 rings (SSSR count). The lowest BCUT2D eigenvalue weighted by atomic mass is 10.1. The summed E-state index contributed by atoms with van der Waals surface area (Å²) in [6, 6.07) is 8.41. The number of aromatic hydroxyl groups is 1. The smallest absolute Gasteiger partial charge is 0.339 e. The van der Waals surface area contributed by atoms with Crippen LogP contribution < -0.4 is 0 Å². The second-order valence-electron chi connectivity index (χ2n) is 3.13. The largest absolute Gasteiger partial charge is 0.506 e. The van der Waals surface area contributed by atoms with E-state index in [0.717, 1.165) is 9.86 Å². The van der Waals surface area contributed by atoms with E-state index in [9.17, 15) is 9.90 Å². The summed E-state index contributed by atoms with van der Waals surface area (Å²) in [5.74, 6) is -1.32. The first-order valence-corrected chi connectivity index (χ1v) is 5.03. The van der Waals surface area contributed by atoms with Crippen molar-refractivity contribution in [3.63, 3.8) is 0 Å². The number of phenols is 1. The lowest BCUT2D eigenvalue weighted by Crippen LogP contribution is -1.96. The summed E-state index contributed by atoms with van der Waals surface area (Å²) in [5, 5.41) is 19.9. The van der Waals surface area contributed by atoms with Gasteiger partial charge in [0.25, 0.3) is 0 Å². The van der Waals surface area contributed by atoms with Gasteiger partial charge in [0.1, 0.15) is 11.3 Å². The second kappa shape index (κ2) is 3.55. The normalized spacial score (nSPS) is 10.5. The van der Waals surface area contributed by atoms with Gasteiger partial charge in [-0.25, -0.2) is 4.79 Å². The van der Waals surface area contributed by atoms with Crippen LogP contribution in [0.2, 0.25) is 0 Å². The zero-order chi connectivity index (χ0) is 11.0. The van der Waals surface area contributed by atoms with Crippen LogP contribution >= 0.6 is 15.9 Å². The standard InChI is InChI=1S/C11H7BrO3/c12-7-3-1-6-2-4-8(11(14)15)10(13)9(6)5-7/h1-5,13H,(H,14,15). The molecule has 4 heteroatoms. The van der Waals surface area contributed by atoms with Crippen LogP contribution in [0.25, 0.3) is 10.8 Å². The molecule has 0 fully saturated rings. The molecule has 0 saturated carbocycles. The van der Waals surface area contributed by atoms with Crippen molar-refractivity contribution in [2.45, 2.75) is 0 Å². The predicted octanol–water partition coefficient (Wildman–Crippen LogP) is 3.01. The lowest BCUT2D eigenvalue weighted by molar-refractivity contribution is 0.0694. The molecule has 0 spiro atoms. The number of carboxylic acid groups (broad SMARTS) is 1. The predicted molar refractivity (Wildman–Crippen MR) is 60.3 cm³/mol. The second-order valence-corrected chi connectivity index (χ2v) is 4.05. The highest BCUT2D eigenvalue weighted by Gasteiger charge is 2.12. The molecule has 0 amide bonds. The highest BCUT2D eigenvalue weighted by atomic mass is 79.9. The molecule has 3 nitrogen and oxygen atoms in total. The van der Waals surface area contributed by atoms with E-state index in [0.29, 0.717) is 5.39 Å². The van der Waals surface area contributed by atoms with Gasteiger partial charge in [-0.15, -0.1) is 0 Å². The fraction of sp³-hybridized carbons (Fsp3) is 0. The van der Waals surface area contributed by atoms with Crippen molar-refractivity contribution in [2.75, 3.05) is 0 Å². The Labute approximate surface area is 94.1 Å². The number of hydrogen-bond donors (Lipinski definition) is 2. The van der Waals surface area contributed by atoms with E-state index in [1.165, 1.54) is 6.07 Å². The first kappa shape index (κ1) is 9.98. The molecular weight excluding hydrogens is 260 g/mol. The average molecular weight is 267 g/mol. The van der Waals surface area contributed by atoms with Gasteiger partial charge in [0.15, 0.2) is 0 Å². The van der Waals surface area contributed by atoms with Crippen molar-refractivity contribution >= 4 is 32.7 Å². The number of benzene rings is 2. The number of carboxylic acids is 1. The summed E-state index contributed by atoms with van der Waals surface area (Å²) in [7, 11) is 0. The minimum atomic E-state index is -1.13. The van der Waals surface area contributed by atoms with Crippen LogP contribution in [-0.2, 0) is 0 Å². The third kappa shape index (κ3) is 1.68. The zero-order valence-corrected chi connectivity index (χ0v) is 9.15. The molecule has 0 aliphatic carbocycles. The molecule has 0 bridgehead atoms. The van der Waals surface area contributed by atoms with Crippen LogP contribution in [0.3, 0.4) is 0 Å². The van der Waals surface area contributed by atoms with E-state index in [4.69, 9.17) is 5.11 Å². The molecule has 0 atom stereocenters. The molecule has 0 saturated heterocycles. The van der Waals surface area contributed by atoms with Crippen LogP contribution in [0.4, 0.5) is 0 Å². The average Bonchev–Trinajstić information content (AvgIpc) is 2.19. The van der Waals surface area contributed by atoms with Gasteiger partial charge in [-0.1, -0.05) is 28.1 Å². The molecule has 0 radical (unpaired) electrons. The minimum Gasteiger partial charge on any atom is -0.506 e. The van der Waals surface area contributed by atoms with Crippen LogP contribution in [-0.4, -0.2) is 16.2 Å². The van der Waals surface area contributed by atoms with Gasteiger partial charge in [-0.05, 0) is 23.6 Å². The van der Waals surface area contributed by atoms with E-state index in [1.807, 2.05) is 12.1 Å². The van der Waals surface area contributed by atoms with E-state index in [2.05, 4.69) is 15.9 Å². The lowest BCUT2D eigenvalue weighted by Gasteiger charge is -2.04. The summed E-state index contributed by atoms with van der Waals surface area (Å²) >= 11 is 3.27. The van der Waals surface area contributed by atoms with E-state index < -0.39 is 5.97 Å². The molecule has 2 aromatic rings. The van der Waals surface area contributed by atoms with Gasteiger partial charge in [-0.3, -0.25) is 0 Å². The van der Waals surface area contributed by atoms with Gasteiger partial charge in [0, 0.05) is 9.86 Å². The Morgan fingerprint density at radius 1 is 1.20 bits per heavy atom. The molecule has 2 aromatic carbocycles. The molecule has 0 aliphatic rings. The van der Waals surface area contributed by atoms with Crippen molar-refractivity contribution in [3.05, 3.63) is 40.4 Å². The van der Waals surface area contributed by atoms with Crippen molar-refractivity contribution in [3.8, 4) is 5.75 Å². The summed E-state index contributed by atoms with van der Waals surface area (Å²) in [5.41, 5.74) is -0.0828. The minimum absolute atomic E-state index is 0.0828. The van der Waals surface area contributed by atoms with Gasteiger partial charge >= 0.3 is 5.97 Å². The molecule has 15 heavy (non-hydrogen) atoms. The van der Waals surface area contributed by atoms with Crippen LogP contribution in [0.5, 0.6) is 5.75 Å². The molecule has 0 aliphatic heterocycles. The SMILES string of the molecule is O=C(O)c1ccc2ccc(Br)cc2c1O. The third-order valence-corrected chi connectivity index (χ3v) is 2.68. The Hall–Kier alpha value is -1.55. The zero-order valence-electron chi connectivity index (χ0n) is 7.57. The molecular formula is C11H7BrO3. The Balaban J connectivity index is 2.82. The van der Waals surface area contributed by atoms with Gasteiger partial charge in [-0.2, -0.15) is 0 Å². The van der Waals surface area contributed by atoms with Gasteiger partial charge in [0.2, 0.25) is 0 Å². The Morgan fingerprint density at radius 2 is 1.87 bits per heavy atom. The summed E-state index contributed by atoms with van der Waals surface area (Å²) in [6.45, 7) is 0. The Morgan fingerprint density at radius 3 is 2.53 bits per heavy atom. The highest BCUT2D eigenvalue weighted by Crippen LogP contribution is 2.30. The number of aromatic carboxylic acids is 1. The van der Waals surface area contributed by atoms with Gasteiger partial charge < -0.3 is 10.2 Å². The van der Waals surface area contributed by atoms with Crippen LogP contribution in [0, 0.1) is 0 Å². The maximum atomic E-state index is 10.8. The maximum absolute atomic E-state index is 10.8. The van der Waals surface area contributed by atoms with Crippen molar-refractivity contribution in [1.29, 1.82) is 0 Å². The Kier molecular flexibility index (Phi) is 2.36. The van der Waals surface area contributed by atoms with Gasteiger partial charge in [0.05, 0.1) is 0 Å². The molecule has 0 unspecified atom stereocenters.